The Hall–Kier alpha value is -1.35. The number of halogens is 1. The van der Waals surface area contributed by atoms with Crippen LogP contribution in [0.15, 0.2) is 28.7 Å². The van der Waals surface area contributed by atoms with Crippen molar-refractivity contribution in [2.24, 2.45) is 11.3 Å². The largest absolute Gasteiger partial charge is 0.458 e. The number of hydrogen-bond donors (Lipinski definition) is 1. The van der Waals surface area contributed by atoms with Crippen LogP contribution < -0.4 is 0 Å². The maximum atomic E-state index is 13.3. The minimum absolute atomic E-state index is 0.0800. The van der Waals surface area contributed by atoms with Crippen LogP contribution in [-0.4, -0.2) is 5.11 Å². The second-order valence-corrected chi connectivity index (χ2v) is 7.18. The molecule has 1 aromatic heterocycles. The average Bonchev–Trinajstić information content (AvgIpc) is 2.68. The van der Waals surface area contributed by atoms with Crippen molar-refractivity contribution in [2.45, 2.75) is 45.6 Å². The number of hydrogen-bond acceptors (Lipinski definition) is 2. The molecule has 1 saturated carbocycles. The average molecular weight is 276 g/mol. The molecule has 3 rings (SSSR count). The summed E-state index contributed by atoms with van der Waals surface area (Å²) in [6, 6.07) is 6.23. The Balaban J connectivity index is 2.04. The summed E-state index contributed by atoms with van der Waals surface area (Å²) in [7, 11) is 0. The molecule has 0 radical (unpaired) electrons. The van der Waals surface area contributed by atoms with Gasteiger partial charge in [0.2, 0.25) is 0 Å². The molecule has 0 amide bonds. The van der Waals surface area contributed by atoms with Crippen molar-refractivity contribution >= 4 is 11.0 Å². The molecule has 1 aliphatic carbocycles. The lowest BCUT2D eigenvalue weighted by Crippen LogP contribution is -2.39. The first-order chi connectivity index (χ1) is 9.27. The first-order valence-electron chi connectivity index (χ1n) is 7.19. The molecule has 1 fully saturated rings. The van der Waals surface area contributed by atoms with E-state index in [4.69, 9.17) is 4.42 Å². The molecule has 1 heterocycles. The Labute approximate surface area is 118 Å². The molecule has 2 unspecified atom stereocenters. The number of fused-ring (bicyclic) bond motifs is 1. The van der Waals surface area contributed by atoms with Gasteiger partial charge in [-0.05, 0) is 54.9 Å². The quantitative estimate of drug-likeness (QED) is 0.825. The highest BCUT2D eigenvalue weighted by Gasteiger charge is 2.44. The zero-order valence-electron chi connectivity index (χ0n) is 12.2. The zero-order chi connectivity index (χ0) is 14.5. The van der Waals surface area contributed by atoms with E-state index in [0.29, 0.717) is 35.5 Å². The van der Waals surface area contributed by atoms with Gasteiger partial charge in [-0.2, -0.15) is 0 Å². The lowest BCUT2D eigenvalue weighted by Gasteiger charge is -2.43. The standard InChI is InChI=1S/C17H21FO2/c1-11-8-16(2,3)10-17(19,9-11)15-7-12-6-13(18)4-5-14(12)20-15/h4-7,11,19H,8-10H2,1-3H3. The third kappa shape index (κ3) is 2.35. The number of aliphatic hydroxyl groups is 1. The van der Waals surface area contributed by atoms with Crippen molar-refractivity contribution in [1.29, 1.82) is 0 Å². The van der Waals surface area contributed by atoms with Gasteiger partial charge in [0.25, 0.3) is 0 Å². The molecule has 0 bridgehead atoms. The molecule has 0 saturated heterocycles. The first kappa shape index (κ1) is 13.6. The van der Waals surface area contributed by atoms with Gasteiger partial charge >= 0.3 is 0 Å². The lowest BCUT2D eigenvalue weighted by molar-refractivity contribution is -0.0767. The molecule has 3 heteroatoms. The first-order valence-corrected chi connectivity index (χ1v) is 7.19. The van der Waals surface area contributed by atoms with E-state index >= 15 is 0 Å². The predicted octanol–water partition coefficient (Wildman–Crippen LogP) is 4.61. The van der Waals surface area contributed by atoms with Gasteiger partial charge in [-0.25, -0.2) is 4.39 Å². The van der Waals surface area contributed by atoms with Crippen LogP contribution in [0.25, 0.3) is 11.0 Å². The molecule has 0 aliphatic heterocycles. The fraction of sp³-hybridized carbons (Fsp3) is 0.529. The van der Waals surface area contributed by atoms with Crippen LogP contribution in [0.4, 0.5) is 4.39 Å². The Morgan fingerprint density at radius 1 is 1.25 bits per heavy atom. The Morgan fingerprint density at radius 3 is 2.70 bits per heavy atom. The highest BCUT2D eigenvalue weighted by atomic mass is 19.1. The van der Waals surface area contributed by atoms with Gasteiger partial charge in [-0.3, -0.25) is 0 Å². The van der Waals surface area contributed by atoms with Gasteiger partial charge in [0.15, 0.2) is 0 Å². The molecule has 2 atom stereocenters. The Kier molecular flexibility index (Phi) is 2.94. The van der Waals surface area contributed by atoms with Gasteiger partial charge in [0, 0.05) is 5.39 Å². The highest BCUT2D eigenvalue weighted by Crippen LogP contribution is 2.49. The van der Waals surface area contributed by atoms with Crippen LogP contribution in [0.1, 0.15) is 45.8 Å². The van der Waals surface area contributed by atoms with E-state index < -0.39 is 5.60 Å². The minimum atomic E-state index is -0.948. The SMILES string of the molecule is CC1CC(C)(C)CC(O)(c2cc3cc(F)ccc3o2)C1. The summed E-state index contributed by atoms with van der Waals surface area (Å²) in [5, 5.41) is 11.7. The van der Waals surface area contributed by atoms with Gasteiger partial charge in [-0.15, -0.1) is 0 Å². The van der Waals surface area contributed by atoms with E-state index in [-0.39, 0.29) is 11.2 Å². The minimum Gasteiger partial charge on any atom is -0.458 e. The predicted molar refractivity (Wildman–Crippen MR) is 76.9 cm³/mol. The molecule has 0 spiro atoms. The van der Waals surface area contributed by atoms with Gasteiger partial charge in [-0.1, -0.05) is 20.8 Å². The van der Waals surface area contributed by atoms with Crippen molar-refractivity contribution in [1.82, 2.24) is 0 Å². The zero-order valence-corrected chi connectivity index (χ0v) is 12.2. The molecule has 1 aliphatic rings. The molecular formula is C17H21FO2. The number of benzene rings is 1. The summed E-state index contributed by atoms with van der Waals surface area (Å²) in [6.45, 7) is 6.51. The lowest BCUT2D eigenvalue weighted by atomic mass is 9.65. The van der Waals surface area contributed by atoms with Crippen LogP contribution in [-0.2, 0) is 5.60 Å². The van der Waals surface area contributed by atoms with Crippen molar-refractivity contribution < 1.29 is 13.9 Å². The van der Waals surface area contributed by atoms with Crippen molar-refractivity contribution in [3.63, 3.8) is 0 Å². The number of rotatable bonds is 1. The Bertz CT molecular complexity index is 643. The number of furan rings is 1. The summed E-state index contributed by atoms with van der Waals surface area (Å²) in [5.74, 6) is 0.723. The molecular weight excluding hydrogens is 255 g/mol. The molecule has 2 nitrogen and oxygen atoms in total. The molecule has 1 N–H and O–H groups in total. The summed E-state index contributed by atoms with van der Waals surface area (Å²) in [5.41, 5.74) is -0.237. The summed E-state index contributed by atoms with van der Waals surface area (Å²) >= 11 is 0. The molecule has 108 valence electrons. The second kappa shape index (κ2) is 4.32. The normalized spacial score (nSPS) is 29.8. The van der Waals surface area contributed by atoms with Crippen LogP contribution in [0, 0.1) is 17.2 Å². The third-order valence-electron chi connectivity index (χ3n) is 4.30. The van der Waals surface area contributed by atoms with Crippen molar-refractivity contribution in [3.05, 3.63) is 35.8 Å². The van der Waals surface area contributed by atoms with Gasteiger partial charge in [0.05, 0.1) is 0 Å². The topological polar surface area (TPSA) is 33.4 Å². The monoisotopic (exact) mass is 276 g/mol. The summed E-state index contributed by atoms with van der Waals surface area (Å²) in [6.07, 6.45) is 2.47. The third-order valence-corrected chi connectivity index (χ3v) is 4.30. The van der Waals surface area contributed by atoms with E-state index in [1.807, 2.05) is 0 Å². The van der Waals surface area contributed by atoms with E-state index in [0.717, 1.165) is 6.42 Å². The smallest absolute Gasteiger partial charge is 0.136 e. The molecule has 1 aromatic carbocycles. The van der Waals surface area contributed by atoms with Crippen LogP contribution in [0.2, 0.25) is 0 Å². The van der Waals surface area contributed by atoms with Crippen molar-refractivity contribution in [2.75, 3.05) is 0 Å². The fourth-order valence-electron chi connectivity index (χ4n) is 3.96. The van der Waals surface area contributed by atoms with E-state index in [2.05, 4.69) is 20.8 Å². The summed E-state index contributed by atoms with van der Waals surface area (Å²) < 4.78 is 19.1. The van der Waals surface area contributed by atoms with Crippen molar-refractivity contribution in [3.8, 4) is 0 Å². The van der Waals surface area contributed by atoms with Crippen LogP contribution in [0.5, 0.6) is 0 Å². The van der Waals surface area contributed by atoms with Gasteiger partial charge < -0.3 is 9.52 Å². The van der Waals surface area contributed by atoms with Crippen LogP contribution in [0.3, 0.4) is 0 Å². The summed E-state index contributed by atoms with van der Waals surface area (Å²) in [4.78, 5) is 0. The molecule has 20 heavy (non-hydrogen) atoms. The maximum absolute atomic E-state index is 13.3. The van der Waals surface area contributed by atoms with Crippen LogP contribution >= 0.6 is 0 Å². The Morgan fingerprint density at radius 2 is 2.00 bits per heavy atom. The maximum Gasteiger partial charge on any atom is 0.136 e. The highest BCUT2D eigenvalue weighted by molar-refractivity contribution is 5.78. The second-order valence-electron chi connectivity index (χ2n) is 7.18. The van der Waals surface area contributed by atoms with Gasteiger partial charge in [0.1, 0.15) is 22.8 Å². The van der Waals surface area contributed by atoms with E-state index in [1.165, 1.54) is 12.1 Å². The fourth-order valence-corrected chi connectivity index (χ4v) is 3.96. The molecule has 2 aromatic rings. The van der Waals surface area contributed by atoms with E-state index in [1.54, 1.807) is 12.1 Å². The van der Waals surface area contributed by atoms with E-state index in [9.17, 15) is 9.50 Å².